The summed E-state index contributed by atoms with van der Waals surface area (Å²) in [5.74, 6) is 0. The van der Waals surface area contributed by atoms with Gasteiger partial charge in [0, 0.05) is 16.1 Å². The summed E-state index contributed by atoms with van der Waals surface area (Å²) in [6.45, 7) is 4.17. The number of pyridine rings is 1. The smallest absolute Gasteiger partial charge is 0.0712 e. The third-order valence-electron chi connectivity index (χ3n) is 3.50. The van der Waals surface area contributed by atoms with Crippen LogP contribution in [0, 0.1) is 13.8 Å². The summed E-state index contributed by atoms with van der Waals surface area (Å²) in [4.78, 5) is 4.64. The summed E-state index contributed by atoms with van der Waals surface area (Å²) in [6, 6.07) is 16.3. The number of benzene rings is 2. The van der Waals surface area contributed by atoms with Crippen LogP contribution in [0.5, 0.6) is 0 Å². The predicted molar refractivity (Wildman–Crippen MR) is 81.7 cm³/mol. The van der Waals surface area contributed by atoms with E-state index >= 15 is 0 Å². The summed E-state index contributed by atoms with van der Waals surface area (Å²) >= 11 is 6.14. The zero-order valence-corrected chi connectivity index (χ0v) is 11.7. The Morgan fingerprint density at radius 1 is 0.947 bits per heavy atom. The minimum absolute atomic E-state index is 0.745. The highest BCUT2D eigenvalue weighted by molar-refractivity contribution is 6.31. The quantitative estimate of drug-likeness (QED) is 0.593. The molecule has 0 saturated heterocycles. The monoisotopic (exact) mass is 267 g/mol. The van der Waals surface area contributed by atoms with Crippen LogP contribution in [0.25, 0.3) is 22.0 Å². The van der Waals surface area contributed by atoms with Crippen molar-refractivity contribution in [3.05, 3.63) is 64.8 Å². The Morgan fingerprint density at radius 3 is 2.42 bits per heavy atom. The Labute approximate surface area is 117 Å². The molecule has 0 bridgehead atoms. The Kier molecular flexibility index (Phi) is 3.00. The van der Waals surface area contributed by atoms with Crippen molar-refractivity contribution in [2.45, 2.75) is 13.8 Å². The minimum Gasteiger partial charge on any atom is -0.253 e. The van der Waals surface area contributed by atoms with E-state index in [4.69, 9.17) is 11.6 Å². The van der Waals surface area contributed by atoms with Crippen molar-refractivity contribution >= 4 is 22.5 Å². The number of hydrogen-bond donors (Lipinski definition) is 0. The largest absolute Gasteiger partial charge is 0.253 e. The van der Waals surface area contributed by atoms with Crippen LogP contribution in [0.15, 0.2) is 48.5 Å². The number of hydrogen-bond acceptors (Lipinski definition) is 1. The maximum Gasteiger partial charge on any atom is 0.0712 e. The second-order valence-corrected chi connectivity index (χ2v) is 5.16. The fraction of sp³-hybridized carbons (Fsp3) is 0.118. The molecule has 3 rings (SSSR count). The second kappa shape index (κ2) is 4.67. The molecule has 0 fully saturated rings. The van der Waals surface area contributed by atoms with E-state index in [0.717, 1.165) is 21.6 Å². The zero-order valence-electron chi connectivity index (χ0n) is 10.9. The molecule has 3 aromatic rings. The molecule has 0 unspecified atom stereocenters. The first-order chi connectivity index (χ1) is 9.16. The van der Waals surface area contributed by atoms with Crippen molar-refractivity contribution in [1.29, 1.82) is 0 Å². The Bertz CT molecular complexity index is 748. The molecule has 0 aliphatic heterocycles. The molecule has 19 heavy (non-hydrogen) atoms. The van der Waals surface area contributed by atoms with Crippen molar-refractivity contribution in [1.82, 2.24) is 4.98 Å². The normalized spacial score (nSPS) is 10.9. The number of rotatable bonds is 1. The first-order valence-corrected chi connectivity index (χ1v) is 6.66. The fourth-order valence-electron chi connectivity index (χ4n) is 2.43. The molecule has 0 aliphatic carbocycles. The molecular formula is C17H14ClN. The molecule has 1 nitrogen and oxygen atoms in total. The molecule has 0 spiro atoms. The Balaban J connectivity index is 2.44. The molecule has 0 saturated carbocycles. The summed E-state index contributed by atoms with van der Waals surface area (Å²) in [6.07, 6.45) is 0. The molecule has 1 aromatic heterocycles. The van der Waals surface area contributed by atoms with E-state index in [2.05, 4.69) is 43.1 Å². The van der Waals surface area contributed by atoms with Crippen LogP contribution in [0.4, 0.5) is 0 Å². The standard InChI is InChI=1S/C17H14ClN/c1-11-12(2)19-16-9-8-14(18)10-15(16)17(11)13-6-4-3-5-7-13/h3-10H,1-2H3. The van der Waals surface area contributed by atoms with Crippen molar-refractivity contribution in [3.63, 3.8) is 0 Å². The average molecular weight is 268 g/mol. The van der Waals surface area contributed by atoms with Gasteiger partial charge in [-0.05, 0) is 48.7 Å². The van der Waals surface area contributed by atoms with E-state index in [-0.39, 0.29) is 0 Å². The molecule has 1 heterocycles. The summed E-state index contributed by atoms with van der Waals surface area (Å²) in [7, 11) is 0. The van der Waals surface area contributed by atoms with Gasteiger partial charge in [0.1, 0.15) is 0 Å². The molecular weight excluding hydrogens is 254 g/mol. The van der Waals surface area contributed by atoms with Crippen molar-refractivity contribution in [2.24, 2.45) is 0 Å². The van der Waals surface area contributed by atoms with E-state index < -0.39 is 0 Å². The van der Waals surface area contributed by atoms with Gasteiger partial charge in [0.2, 0.25) is 0 Å². The maximum atomic E-state index is 6.14. The van der Waals surface area contributed by atoms with Gasteiger partial charge in [-0.2, -0.15) is 0 Å². The lowest BCUT2D eigenvalue weighted by molar-refractivity contribution is 1.20. The van der Waals surface area contributed by atoms with Crippen LogP contribution < -0.4 is 0 Å². The molecule has 0 N–H and O–H groups in total. The topological polar surface area (TPSA) is 12.9 Å². The summed E-state index contributed by atoms with van der Waals surface area (Å²) in [5, 5.41) is 1.86. The van der Waals surface area contributed by atoms with Crippen LogP contribution in [0.2, 0.25) is 5.02 Å². The van der Waals surface area contributed by atoms with E-state index in [1.165, 1.54) is 16.7 Å². The molecule has 0 radical (unpaired) electrons. The molecule has 0 aliphatic rings. The number of aryl methyl sites for hydroxylation is 1. The first-order valence-electron chi connectivity index (χ1n) is 6.28. The SMILES string of the molecule is Cc1nc2ccc(Cl)cc2c(-c2ccccc2)c1C. The minimum atomic E-state index is 0.745. The van der Waals surface area contributed by atoms with Gasteiger partial charge in [-0.1, -0.05) is 41.9 Å². The van der Waals surface area contributed by atoms with Crippen LogP contribution in [-0.2, 0) is 0 Å². The zero-order chi connectivity index (χ0) is 13.4. The Morgan fingerprint density at radius 2 is 1.68 bits per heavy atom. The van der Waals surface area contributed by atoms with Gasteiger partial charge in [-0.15, -0.1) is 0 Å². The van der Waals surface area contributed by atoms with Crippen molar-refractivity contribution in [3.8, 4) is 11.1 Å². The molecule has 94 valence electrons. The van der Waals surface area contributed by atoms with E-state index in [1.54, 1.807) is 0 Å². The second-order valence-electron chi connectivity index (χ2n) is 4.72. The van der Waals surface area contributed by atoms with Crippen molar-refractivity contribution < 1.29 is 0 Å². The lowest BCUT2D eigenvalue weighted by Crippen LogP contribution is -1.94. The predicted octanol–water partition coefficient (Wildman–Crippen LogP) is 5.17. The average Bonchev–Trinajstić information content (AvgIpc) is 2.42. The van der Waals surface area contributed by atoms with Crippen LogP contribution in [0.1, 0.15) is 11.3 Å². The van der Waals surface area contributed by atoms with Crippen LogP contribution >= 0.6 is 11.6 Å². The van der Waals surface area contributed by atoms with Gasteiger partial charge < -0.3 is 0 Å². The maximum absolute atomic E-state index is 6.14. The third-order valence-corrected chi connectivity index (χ3v) is 3.73. The highest BCUT2D eigenvalue weighted by Gasteiger charge is 2.11. The lowest BCUT2D eigenvalue weighted by atomic mass is 9.95. The van der Waals surface area contributed by atoms with E-state index in [9.17, 15) is 0 Å². The van der Waals surface area contributed by atoms with Gasteiger partial charge in [0.25, 0.3) is 0 Å². The summed E-state index contributed by atoms with van der Waals surface area (Å²) in [5.41, 5.74) is 5.70. The number of fused-ring (bicyclic) bond motifs is 1. The lowest BCUT2D eigenvalue weighted by Gasteiger charge is -2.13. The first kappa shape index (κ1) is 12.2. The highest BCUT2D eigenvalue weighted by Crippen LogP contribution is 2.33. The van der Waals surface area contributed by atoms with Crippen LogP contribution in [-0.4, -0.2) is 4.98 Å². The third kappa shape index (κ3) is 2.11. The van der Waals surface area contributed by atoms with Gasteiger partial charge in [0.05, 0.1) is 5.52 Å². The number of aromatic nitrogens is 1. The van der Waals surface area contributed by atoms with Gasteiger partial charge in [-0.25, -0.2) is 0 Å². The van der Waals surface area contributed by atoms with Crippen molar-refractivity contribution in [2.75, 3.05) is 0 Å². The number of nitrogens with zero attached hydrogens (tertiary/aromatic N) is 1. The van der Waals surface area contributed by atoms with Gasteiger partial charge in [0.15, 0.2) is 0 Å². The van der Waals surface area contributed by atoms with E-state index in [1.807, 2.05) is 24.3 Å². The molecule has 2 heteroatoms. The van der Waals surface area contributed by atoms with E-state index in [0.29, 0.717) is 0 Å². The Hall–Kier alpha value is -1.86. The molecule has 2 aromatic carbocycles. The van der Waals surface area contributed by atoms with Gasteiger partial charge in [-0.3, -0.25) is 4.98 Å². The fourth-order valence-corrected chi connectivity index (χ4v) is 2.60. The summed E-state index contributed by atoms with van der Waals surface area (Å²) < 4.78 is 0. The molecule has 0 atom stereocenters. The highest BCUT2D eigenvalue weighted by atomic mass is 35.5. The number of halogens is 1. The van der Waals surface area contributed by atoms with Gasteiger partial charge >= 0.3 is 0 Å². The van der Waals surface area contributed by atoms with Crippen LogP contribution in [0.3, 0.4) is 0 Å². The molecule has 0 amide bonds.